The van der Waals surface area contributed by atoms with Crippen molar-refractivity contribution in [3.8, 4) is 0 Å². The fourth-order valence-electron chi connectivity index (χ4n) is 0.794. The van der Waals surface area contributed by atoms with E-state index in [1.807, 2.05) is 6.92 Å². The molecule has 9 heavy (non-hydrogen) atoms. The zero-order valence-electron chi connectivity index (χ0n) is 5.66. The minimum absolute atomic E-state index is 0.0922. The summed E-state index contributed by atoms with van der Waals surface area (Å²) >= 11 is 0. The lowest BCUT2D eigenvalue weighted by atomic mass is 10.3. The first-order valence-electron chi connectivity index (χ1n) is 3.00. The highest BCUT2D eigenvalue weighted by atomic mass is 31.2. The van der Waals surface area contributed by atoms with E-state index >= 15 is 0 Å². The lowest BCUT2D eigenvalue weighted by Gasteiger charge is -2.24. The maximum atomic E-state index is 11.0. The van der Waals surface area contributed by atoms with Crippen LogP contribution < -0.4 is 0 Å². The van der Waals surface area contributed by atoms with Crippen LogP contribution in [0.15, 0.2) is 0 Å². The molecule has 0 aromatic rings. The van der Waals surface area contributed by atoms with Crippen molar-refractivity contribution < 1.29 is 13.6 Å². The molecule has 54 valence electrons. The summed E-state index contributed by atoms with van der Waals surface area (Å²) in [6, 6.07) is 0. The number of hydrogen-bond acceptors (Lipinski definition) is 3. The van der Waals surface area contributed by atoms with E-state index in [2.05, 4.69) is 0 Å². The van der Waals surface area contributed by atoms with E-state index < -0.39 is 7.60 Å². The van der Waals surface area contributed by atoms with Crippen LogP contribution in [-0.2, 0) is 13.6 Å². The maximum absolute atomic E-state index is 11.0. The van der Waals surface area contributed by atoms with Crippen LogP contribution in [-0.4, -0.2) is 19.4 Å². The molecule has 1 unspecified atom stereocenters. The summed E-state index contributed by atoms with van der Waals surface area (Å²) in [7, 11) is -2.64. The molecule has 3 nitrogen and oxygen atoms in total. The molecule has 0 radical (unpaired) electrons. The zero-order valence-corrected chi connectivity index (χ0v) is 6.56. The molecule has 2 atom stereocenters. The molecule has 0 bridgehead atoms. The van der Waals surface area contributed by atoms with E-state index in [4.69, 9.17) is 9.05 Å². The Morgan fingerprint density at radius 1 is 1.67 bits per heavy atom. The Labute approximate surface area is 54.9 Å². The number of hydrogen-bond donors (Lipinski definition) is 0. The maximum Gasteiger partial charge on any atom is 0.327 e. The van der Waals surface area contributed by atoms with E-state index in [-0.39, 0.29) is 6.10 Å². The Morgan fingerprint density at radius 2 is 2.33 bits per heavy atom. The van der Waals surface area contributed by atoms with Crippen LogP contribution in [0.25, 0.3) is 0 Å². The highest BCUT2D eigenvalue weighted by Crippen LogP contribution is 2.48. The highest BCUT2D eigenvalue weighted by molar-refractivity contribution is 7.53. The van der Waals surface area contributed by atoms with Crippen molar-refractivity contribution in [2.45, 2.75) is 19.4 Å². The van der Waals surface area contributed by atoms with Crippen molar-refractivity contribution >= 4 is 7.60 Å². The molecule has 1 heterocycles. The smallest absolute Gasteiger partial charge is 0.309 e. The van der Waals surface area contributed by atoms with Gasteiger partial charge in [-0.05, 0) is 13.3 Å². The van der Waals surface area contributed by atoms with Crippen molar-refractivity contribution in [1.29, 1.82) is 0 Å². The van der Waals surface area contributed by atoms with E-state index in [0.29, 0.717) is 6.61 Å². The second-order valence-electron chi connectivity index (χ2n) is 2.31. The second-order valence-corrected chi connectivity index (χ2v) is 4.32. The summed E-state index contributed by atoms with van der Waals surface area (Å²) in [5.41, 5.74) is 0. The molecule has 0 aromatic heterocycles. The average molecular weight is 150 g/mol. The van der Waals surface area contributed by atoms with Gasteiger partial charge in [-0.15, -0.1) is 0 Å². The van der Waals surface area contributed by atoms with Gasteiger partial charge in [0.25, 0.3) is 0 Å². The predicted octanol–water partition coefficient (Wildman–Crippen LogP) is 1.63. The molecule has 0 aliphatic carbocycles. The van der Waals surface area contributed by atoms with Gasteiger partial charge in [0, 0.05) is 6.66 Å². The molecule has 1 aliphatic rings. The third-order valence-electron chi connectivity index (χ3n) is 1.22. The fourth-order valence-corrected chi connectivity index (χ4v) is 2.05. The Hall–Kier alpha value is 0.150. The third kappa shape index (κ3) is 2.09. The largest absolute Gasteiger partial charge is 0.327 e. The van der Waals surface area contributed by atoms with Gasteiger partial charge < -0.3 is 9.05 Å². The van der Waals surface area contributed by atoms with E-state index in [1.54, 1.807) is 0 Å². The lowest BCUT2D eigenvalue weighted by Crippen LogP contribution is -2.16. The minimum Gasteiger partial charge on any atom is -0.309 e. The monoisotopic (exact) mass is 150 g/mol. The summed E-state index contributed by atoms with van der Waals surface area (Å²) in [6.45, 7) is 3.97. The van der Waals surface area contributed by atoms with Crippen LogP contribution >= 0.6 is 7.60 Å². The van der Waals surface area contributed by atoms with Crippen LogP contribution in [0.3, 0.4) is 0 Å². The molecule has 4 heteroatoms. The van der Waals surface area contributed by atoms with Crippen molar-refractivity contribution in [2.24, 2.45) is 0 Å². The van der Waals surface area contributed by atoms with Crippen LogP contribution in [0.2, 0.25) is 0 Å². The molecule has 1 saturated heterocycles. The van der Waals surface area contributed by atoms with Crippen LogP contribution in [0.5, 0.6) is 0 Å². The van der Waals surface area contributed by atoms with Gasteiger partial charge in [-0.3, -0.25) is 4.57 Å². The van der Waals surface area contributed by atoms with Crippen molar-refractivity contribution in [3.05, 3.63) is 0 Å². The number of rotatable bonds is 0. The lowest BCUT2D eigenvalue weighted by molar-refractivity contribution is 0.0957. The molecule has 0 aromatic carbocycles. The Balaban J connectivity index is 2.51. The molecule has 1 rings (SSSR count). The molecule has 1 aliphatic heterocycles. The normalized spacial score (nSPS) is 44.9. The molecular formula is C5H11O3P. The van der Waals surface area contributed by atoms with Crippen molar-refractivity contribution in [2.75, 3.05) is 13.3 Å². The van der Waals surface area contributed by atoms with E-state index in [1.165, 1.54) is 6.66 Å². The standard InChI is InChI=1S/C5H11O3P/c1-5-3-4-7-9(2,6)8-5/h5H,3-4H2,1-2H3/t5-,9?/m0/s1. The minimum atomic E-state index is -2.64. The van der Waals surface area contributed by atoms with E-state index in [9.17, 15) is 4.57 Å². The van der Waals surface area contributed by atoms with Gasteiger partial charge in [-0.25, -0.2) is 0 Å². The van der Waals surface area contributed by atoms with Gasteiger partial charge in [-0.1, -0.05) is 0 Å². The summed E-state index contributed by atoms with van der Waals surface area (Å²) in [5, 5.41) is 0. The van der Waals surface area contributed by atoms with Gasteiger partial charge in [-0.2, -0.15) is 0 Å². The molecule has 0 N–H and O–H groups in total. The second kappa shape index (κ2) is 2.41. The van der Waals surface area contributed by atoms with Crippen molar-refractivity contribution in [3.63, 3.8) is 0 Å². The van der Waals surface area contributed by atoms with Gasteiger partial charge in [0.1, 0.15) is 0 Å². The summed E-state index contributed by atoms with van der Waals surface area (Å²) < 4.78 is 20.9. The molecule has 0 amide bonds. The van der Waals surface area contributed by atoms with Gasteiger partial charge in [0.05, 0.1) is 12.7 Å². The molecule has 0 saturated carbocycles. The first-order valence-corrected chi connectivity index (χ1v) is 4.99. The Bertz CT molecular complexity index is 145. The Morgan fingerprint density at radius 3 is 2.67 bits per heavy atom. The quantitative estimate of drug-likeness (QED) is 0.492. The average Bonchev–Trinajstić information content (AvgIpc) is 1.60. The summed E-state index contributed by atoms with van der Waals surface area (Å²) in [4.78, 5) is 0. The Kier molecular flexibility index (Phi) is 1.94. The van der Waals surface area contributed by atoms with Crippen molar-refractivity contribution in [1.82, 2.24) is 0 Å². The first kappa shape index (κ1) is 7.26. The SMILES string of the molecule is C[C@H]1CCOP(C)(=O)O1. The highest BCUT2D eigenvalue weighted by Gasteiger charge is 2.25. The van der Waals surface area contributed by atoms with Gasteiger partial charge in [0.15, 0.2) is 0 Å². The van der Waals surface area contributed by atoms with Crippen LogP contribution in [0.1, 0.15) is 13.3 Å². The topological polar surface area (TPSA) is 35.5 Å². The predicted molar refractivity (Wildman–Crippen MR) is 34.6 cm³/mol. The molecule has 0 spiro atoms. The van der Waals surface area contributed by atoms with Gasteiger partial charge in [0.2, 0.25) is 0 Å². The summed E-state index contributed by atoms with van der Waals surface area (Å²) in [5.74, 6) is 0. The molecule has 1 fully saturated rings. The molecular weight excluding hydrogens is 139 g/mol. The fraction of sp³-hybridized carbons (Fsp3) is 1.00. The van der Waals surface area contributed by atoms with Gasteiger partial charge >= 0.3 is 7.60 Å². The van der Waals surface area contributed by atoms with Crippen LogP contribution in [0, 0.1) is 0 Å². The summed E-state index contributed by atoms with van der Waals surface area (Å²) in [6.07, 6.45) is 0.937. The first-order chi connectivity index (χ1) is 4.10. The zero-order chi connectivity index (χ0) is 6.91. The van der Waals surface area contributed by atoms with E-state index in [0.717, 1.165) is 6.42 Å². The third-order valence-corrected chi connectivity index (χ3v) is 2.62. The van der Waals surface area contributed by atoms with Crippen LogP contribution in [0.4, 0.5) is 0 Å².